The van der Waals surface area contributed by atoms with Crippen LogP contribution in [0.2, 0.25) is 0 Å². The Bertz CT molecular complexity index is 1430. The first kappa shape index (κ1) is 48.8. The second kappa shape index (κ2) is 26.5. The third-order valence-electron chi connectivity index (χ3n) is 10.5. The largest absolute Gasteiger partial charge is 0.463 e. The number of azide groups is 1. The van der Waals surface area contributed by atoms with Gasteiger partial charge in [-0.25, -0.2) is 9.59 Å². The molecule has 0 unspecified atom stereocenters. The third kappa shape index (κ3) is 15.9. The summed E-state index contributed by atoms with van der Waals surface area (Å²) in [6, 6.07) is -2.07. The summed E-state index contributed by atoms with van der Waals surface area (Å²) < 4.78 is 32.9. The molecule has 2 fully saturated rings. The fraction of sp³-hybridized carbons (Fsp3) is 0.800. The van der Waals surface area contributed by atoms with Gasteiger partial charge < -0.3 is 44.8 Å². The standard InChI is InChI=1S/C20H33N5O5.C20H35N3O5/c1-4-28-9-10-30-16-7-6-8-25(13-16)18-12-15(20(27)29-5-2)11-17(23-24-21)19(18)22-14(3)26;1-4-26-9-10-28-16-7-6-8-23(13-16)18-12-15(20(25)27-5-2)11-17(21)19(18)22-14(3)24/h12,16-19H,4-11,13H2,1-3H3,(H,22,26);12,16-19H,4-11,13,21H2,1-3H3,(H,22,24)/t2*16-,17-,18+,19+/m00/s1. The maximum Gasteiger partial charge on any atom is 0.333 e. The number of ether oxygens (including phenoxy) is 6. The smallest absolute Gasteiger partial charge is 0.333 e. The summed E-state index contributed by atoms with van der Waals surface area (Å²) in [5.41, 5.74) is 16.5. The zero-order chi connectivity index (χ0) is 42.5. The lowest BCUT2D eigenvalue weighted by atomic mass is 9.85. The molecule has 0 radical (unpaired) electrons. The van der Waals surface area contributed by atoms with Gasteiger partial charge in [-0.3, -0.25) is 19.4 Å². The maximum atomic E-state index is 12.4. The van der Waals surface area contributed by atoms with E-state index in [1.165, 1.54) is 13.8 Å². The molecule has 2 saturated heterocycles. The quantitative estimate of drug-likeness (QED) is 0.0560. The SMILES string of the molecule is CCOCCO[C@H]1CCCN([C@@H]2C=C(C(=O)OCC)C[C@H](N)[C@H]2NC(C)=O)C1.CCOCCO[C@H]1CCCN([C@@H]2C=C(C(=O)OCC)C[C@H](N=[N+]=[N-])[C@H]2NC(C)=O)C1. The van der Waals surface area contributed by atoms with Gasteiger partial charge in [0.1, 0.15) is 0 Å². The maximum absolute atomic E-state index is 12.4. The Morgan fingerprint density at radius 3 is 1.66 bits per heavy atom. The van der Waals surface area contributed by atoms with Crippen LogP contribution in [0.25, 0.3) is 10.4 Å². The van der Waals surface area contributed by atoms with Crippen LogP contribution < -0.4 is 16.4 Å². The van der Waals surface area contributed by atoms with Crippen molar-refractivity contribution in [2.24, 2.45) is 10.8 Å². The van der Waals surface area contributed by atoms with Crippen molar-refractivity contribution in [2.45, 2.75) is 129 Å². The summed E-state index contributed by atoms with van der Waals surface area (Å²) in [6.45, 7) is 17.6. The minimum Gasteiger partial charge on any atom is -0.463 e. The number of hydrogen-bond acceptors (Lipinski definition) is 14. The summed E-state index contributed by atoms with van der Waals surface area (Å²) in [4.78, 5) is 55.7. The number of rotatable bonds is 19. The fourth-order valence-corrected chi connectivity index (χ4v) is 7.99. The third-order valence-corrected chi connectivity index (χ3v) is 10.5. The highest BCUT2D eigenvalue weighted by Gasteiger charge is 2.41. The average molecular weight is 821 g/mol. The Kier molecular flexibility index (Phi) is 22.3. The molecule has 4 aliphatic rings. The van der Waals surface area contributed by atoms with E-state index in [9.17, 15) is 19.2 Å². The van der Waals surface area contributed by atoms with Crippen LogP contribution in [0.3, 0.4) is 0 Å². The monoisotopic (exact) mass is 821 g/mol. The molecular formula is C40H68N8O10. The van der Waals surface area contributed by atoms with E-state index in [4.69, 9.17) is 39.7 Å². The average Bonchev–Trinajstić information content (AvgIpc) is 3.20. The van der Waals surface area contributed by atoms with Gasteiger partial charge in [-0.2, -0.15) is 0 Å². The molecule has 0 spiro atoms. The number of hydrogen-bond donors (Lipinski definition) is 3. The number of esters is 2. The van der Waals surface area contributed by atoms with Crippen LogP contribution in [-0.4, -0.2) is 161 Å². The highest BCUT2D eigenvalue weighted by atomic mass is 16.5. The molecule has 2 heterocycles. The van der Waals surface area contributed by atoms with Crippen molar-refractivity contribution >= 4 is 23.8 Å². The number of nitrogens with one attached hydrogen (secondary N) is 2. The zero-order valence-electron chi connectivity index (χ0n) is 35.4. The van der Waals surface area contributed by atoms with E-state index in [0.29, 0.717) is 70.4 Å². The lowest BCUT2D eigenvalue weighted by molar-refractivity contribution is -0.139. The Hall–Kier alpha value is -3.61. The Labute approximate surface area is 343 Å². The molecule has 0 aromatic carbocycles. The van der Waals surface area contributed by atoms with Crippen LogP contribution in [0.15, 0.2) is 28.4 Å². The second-order valence-corrected chi connectivity index (χ2v) is 14.8. The van der Waals surface area contributed by atoms with E-state index in [2.05, 4.69) is 30.5 Å². The molecular weight excluding hydrogens is 752 g/mol. The van der Waals surface area contributed by atoms with Crippen molar-refractivity contribution in [3.8, 4) is 0 Å². The van der Waals surface area contributed by atoms with Crippen LogP contribution >= 0.6 is 0 Å². The molecule has 58 heavy (non-hydrogen) atoms. The number of likely N-dealkylation sites (tertiary alicyclic amines) is 2. The normalized spacial score (nSPS) is 27.7. The van der Waals surface area contributed by atoms with Gasteiger partial charge in [0, 0.05) is 68.3 Å². The molecule has 2 aliphatic carbocycles. The molecule has 2 aliphatic heterocycles. The number of carbonyl (C=O) groups excluding carboxylic acids is 4. The van der Waals surface area contributed by atoms with Crippen LogP contribution in [0.1, 0.15) is 80.1 Å². The van der Waals surface area contributed by atoms with Gasteiger partial charge in [0.25, 0.3) is 0 Å². The van der Waals surface area contributed by atoms with Crippen molar-refractivity contribution in [1.29, 1.82) is 0 Å². The predicted octanol–water partition coefficient (Wildman–Crippen LogP) is 2.55. The number of nitrogens with two attached hydrogens (primary N) is 1. The second-order valence-electron chi connectivity index (χ2n) is 14.8. The van der Waals surface area contributed by atoms with E-state index in [-0.39, 0.29) is 67.2 Å². The zero-order valence-corrected chi connectivity index (χ0v) is 35.4. The van der Waals surface area contributed by atoms with Gasteiger partial charge in [-0.15, -0.1) is 0 Å². The molecule has 2 amide bonds. The summed E-state index contributed by atoms with van der Waals surface area (Å²) in [5.74, 6) is -1.08. The highest BCUT2D eigenvalue weighted by molar-refractivity contribution is 5.89. The van der Waals surface area contributed by atoms with Gasteiger partial charge in [-0.05, 0) is 84.8 Å². The van der Waals surface area contributed by atoms with Crippen molar-refractivity contribution in [2.75, 3.05) is 79.0 Å². The van der Waals surface area contributed by atoms with Gasteiger partial charge in [0.2, 0.25) is 11.8 Å². The van der Waals surface area contributed by atoms with Crippen LogP contribution in [0.4, 0.5) is 0 Å². The van der Waals surface area contributed by atoms with Crippen LogP contribution in [0.5, 0.6) is 0 Å². The number of carbonyl (C=O) groups is 4. The van der Waals surface area contributed by atoms with Crippen molar-refractivity contribution < 1.29 is 47.6 Å². The topological polar surface area (TPSA) is 229 Å². The summed E-state index contributed by atoms with van der Waals surface area (Å²) in [5, 5.41) is 9.80. The van der Waals surface area contributed by atoms with E-state index in [0.717, 1.165) is 45.3 Å². The van der Waals surface area contributed by atoms with Gasteiger partial charge in [0.05, 0.1) is 76.0 Å². The lowest BCUT2D eigenvalue weighted by Gasteiger charge is -2.44. The Balaban J connectivity index is 0.000000311. The van der Waals surface area contributed by atoms with E-state index in [1.807, 2.05) is 26.0 Å². The molecule has 0 saturated carbocycles. The van der Waals surface area contributed by atoms with Gasteiger partial charge >= 0.3 is 11.9 Å². The van der Waals surface area contributed by atoms with Gasteiger partial charge in [-0.1, -0.05) is 17.3 Å². The van der Waals surface area contributed by atoms with Crippen molar-refractivity contribution in [3.63, 3.8) is 0 Å². The predicted molar refractivity (Wildman–Crippen MR) is 216 cm³/mol. The summed E-state index contributed by atoms with van der Waals surface area (Å²) in [6.07, 6.45) is 8.37. The van der Waals surface area contributed by atoms with Gasteiger partial charge in [0.15, 0.2) is 0 Å². The molecule has 4 N–H and O–H groups in total. The minimum absolute atomic E-state index is 0.0384. The molecule has 0 aromatic rings. The molecule has 18 nitrogen and oxygen atoms in total. The highest BCUT2D eigenvalue weighted by Crippen LogP contribution is 2.30. The lowest BCUT2D eigenvalue weighted by Crippen LogP contribution is -2.62. The van der Waals surface area contributed by atoms with Crippen molar-refractivity contribution in [3.05, 3.63) is 33.7 Å². The first-order valence-corrected chi connectivity index (χ1v) is 20.9. The molecule has 0 aromatic heterocycles. The van der Waals surface area contributed by atoms with Crippen LogP contribution in [0, 0.1) is 0 Å². The van der Waals surface area contributed by atoms with Crippen LogP contribution in [-0.2, 0) is 47.6 Å². The first-order valence-electron chi connectivity index (χ1n) is 20.9. The number of amides is 2. The van der Waals surface area contributed by atoms with E-state index >= 15 is 0 Å². The molecule has 0 bridgehead atoms. The summed E-state index contributed by atoms with van der Waals surface area (Å²) >= 11 is 0. The summed E-state index contributed by atoms with van der Waals surface area (Å²) in [7, 11) is 0. The van der Waals surface area contributed by atoms with E-state index < -0.39 is 18.1 Å². The first-order chi connectivity index (χ1) is 27.9. The van der Waals surface area contributed by atoms with Crippen molar-refractivity contribution in [1.82, 2.24) is 20.4 Å². The fourth-order valence-electron chi connectivity index (χ4n) is 7.99. The number of nitrogens with zero attached hydrogens (tertiary/aromatic N) is 5. The molecule has 8 atom stereocenters. The minimum atomic E-state index is -0.576. The Morgan fingerprint density at radius 1 is 0.741 bits per heavy atom. The van der Waals surface area contributed by atoms with E-state index in [1.54, 1.807) is 13.8 Å². The molecule has 328 valence electrons. The Morgan fingerprint density at radius 2 is 1.21 bits per heavy atom. The molecule has 18 heteroatoms. The molecule has 4 rings (SSSR count). The number of piperidine rings is 2.